The Morgan fingerprint density at radius 3 is 2.62 bits per heavy atom. The largest absolute Gasteiger partial charge is 0.355 e. The van der Waals surface area contributed by atoms with Crippen LogP contribution in [0.3, 0.4) is 0 Å². The lowest BCUT2D eigenvalue weighted by atomic mass is 9.92. The van der Waals surface area contributed by atoms with Crippen molar-refractivity contribution in [1.29, 1.82) is 0 Å². The summed E-state index contributed by atoms with van der Waals surface area (Å²) in [6, 6.07) is 12.9. The average Bonchev–Trinajstić information content (AvgIpc) is 2.32. The molecule has 16 heavy (non-hydrogen) atoms. The average molecular weight is 209 g/mol. The van der Waals surface area contributed by atoms with Gasteiger partial charge in [-0.1, -0.05) is 24.3 Å². The topological polar surface area (TPSA) is 12.0 Å². The van der Waals surface area contributed by atoms with Crippen molar-refractivity contribution in [3.8, 4) is 0 Å². The number of fused-ring (bicyclic) bond motifs is 2. The molecule has 0 amide bonds. The fourth-order valence-electron chi connectivity index (χ4n) is 2.35. The van der Waals surface area contributed by atoms with Crippen LogP contribution in [-0.2, 0) is 6.42 Å². The van der Waals surface area contributed by atoms with Crippen molar-refractivity contribution in [2.24, 2.45) is 0 Å². The lowest BCUT2D eigenvalue weighted by Gasteiger charge is -2.23. The van der Waals surface area contributed by atoms with Crippen LogP contribution >= 0.6 is 0 Å². The van der Waals surface area contributed by atoms with E-state index >= 15 is 0 Å². The first-order chi connectivity index (χ1) is 7.75. The van der Waals surface area contributed by atoms with E-state index in [0.29, 0.717) is 0 Å². The SMILES string of the molecule is Cc1ccc2c(c1C)Cc1ccccc1N2. The highest BCUT2D eigenvalue weighted by molar-refractivity contribution is 5.73. The molecular weight excluding hydrogens is 194 g/mol. The van der Waals surface area contributed by atoms with Crippen LogP contribution in [0.4, 0.5) is 11.4 Å². The molecule has 2 aromatic rings. The van der Waals surface area contributed by atoms with Gasteiger partial charge < -0.3 is 5.32 Å². The molecule has 80 valence electrons. The number of nitrogens with one attached hydrogen (secondary N) is 1. The summed E-state index contributed by atoms with van der Waals surface area (Å²) in [7, 11) is 0. The lowest BCUT2D eigenvalue weighted by molar-refractivity contribution is 1.11. The third-order valence-electron chi connectivity index (χ3n) is 3.52. The van der Waals surface area contributed by atoms with Crippen LogP contribution in [0.5, 0.6) is 0 Å². The first-order valence-corrected chi connectivity index (χ1v) is 5.70. The van der Waals surface area contributed by atoms with E-state index in [-0.39, 0.29) is 0 Å². The molecule has 0 saturated heterocycles. The summed E-state index contributed by atoms with van der Waals surface area (Å²) in [6.07, 6.45) is 1.05. The second-order valence-corrected chi connectivity index (χ2v) is 4.49. The number of hydrogen-bond donors (Lipinski definition) is 1. The fraction of sp³-hybridized carbons (Fsp3) is 0.200. The van der Waals surface area contributed by atoms with Crippen molar-refractivity contribution in [2.75, 3.05) is 5.32 Å². The summed E-state index contributed by atoms with van der Waals surface area (Å²) in [6.45, 7) is 4.39. The normalized spacial score (nSPS) is 12.6. The molecule has 1 N–H and O–H groups in total. The van der Waals surface area contributed by atoms with Crippen LogP contribution in [0.2, 0.25) is 0 Å². The summed E-state index contributed by atoms with van der Waals surface area (Å²) in [5.74, 6) is 0. The minimum atomic E-state index is 1.05. The van der Waals surface area contributed by atoms with E-state index in [1.54, 1.807) is 0 Å². The van der Waals surface area contributed by atoms with Crippen LogP contribution in [0, 0.1) is 13.8 Å². The first kappa shape index (κ1) is 9.46. The van der Waals surface area contributed by atoms with E-state index in [4.69, 9.17) is 0 Å². The maximum atomic E-state index is 3.51. The number of benzene rings is 2. The highest BCUT2D eigenvalue weighted by Crippen LogP contribution is 2.35. The Balaban J connectivity index is 2.16. The van der Waals surface area contributed by atoms with Gasteiger partial charge in [-0.05, 0) is 48.2 Å². The second kappa shape index (κ2) is 3.38. The number of para-hydroxylation sites is 1. The third kappa shape index (κ3) is 1.32. The van der Waals surface area contributed by atoms with Crippen LogP contribution in [0.1, 0.15) is 22.3 Å². The molecule has 1 nitrogen and oxygen atoms in total. The van der Waals surface area contributed by atoms with Crippen molar-refractivity contribution in [1.82, 2.24) is 0 Å². The van der Waals surface area contributed by atoms with E-state index in [0.717, 1.165) is 6.42 Å². The van der Waals surface area contributed by atoms with Gasteiger partial charge in [0, 0.05) is 17.8 Å². The number of anilines is 2. The van der Waals surface area contributed by atoms with Gasteiger partial charge in [-0.15, -0.1) is 0 Å². The van der Waals surface area contributed by atoms with Crippen LogP contribution in [0.15, 0.2) is 36.4 Å². The Labute approximate surface area is 96.1 Å². The molecule has 0 aromatic heterocycles. The lowest BCUT2D eigenvalue weighted by Crippen LogP contribution is -2.08. The molecule has 3 rings (SSSR count). The third-order valence-corrected chi connectivity index (χ3v) is 3.52. The zero-order valence-electron chi connectivity index (χ0n) is 9.67. The molecule has 1 heterocycles. The Morgan fingerprint density at radius 2 is 1.75 bits per heavy atom. The van der Waals surface area contributed by atoms with Gasteiger partial charge in [0.15, 0.2) is 0 Å². The molecule has 0 bridgehead atoms. The number of hydrogen-bond acceptors (Lipinski definition) is 1. The van der Waals surface area contributed by atoms with Gasteiger partial charge in [0.25, 0.3) is 0 Å². The Kier molecular flexibility index (Phi) is 2.00. The van der Waals surface area contributed by atoms with Gasteiger partial charge in [0.1, 0.15) is 0 Å². The van der Waals surface area contributed by atoms with Gasteiger partial charge in [-0.3, -0.25) is 0 Å². The zero-order chi connectivity index (χ0) is 11.1. The van der Waals surface area contributed by atoms with Crippen molar-refractivity contribution in [2.45, 2.75) is 20.3 Å². The fourth-order valence-corrected chi connectivity index (χ4v) is 2.35. The van der Waals surface area contributed by atoms with Crippen molar-refractivity contribution in [3.63, 3.8) is 0 Å². The van der Waals surface area contributed by atoms with Gasteiger partial charge in [0.2, 0.25) is 0 Å². The van der Waals surface area contributed by atoms with Crippen molar-refractivity contribution < 1.29 is 0 Å². The van der Waals surface area contributed by atoms with E-state index in [9.17, 15) is 0 Å². The number of rotatable bonds is 0. The molecule has 2 aromatic carbocycles. The van der Waals surface area contributed by atoms with Crippen LogP contribution in [-0.4, -0.2) is 0 Å². The smallest absolute Gasteiger partial charge is 0.0423 e. The molecule has 0 fully saturated rings. The maximum absolute atomic E-state index is 3.51. The van der Waals surface area contributed by atoms with Gasteiger partial charge in [-0.2, -0.15) is 0 Å². The van der Waals surface area contributed by atoms with E-state index < -0.39 is 0 Å². The molecule has 0 aliphatic carbocycles. The van der Waals surface area contributed by atoms with Gasteiger partial charge >= 0.3 is 0 Å². The van der Waals surface area contributed by atoms with Crippen LogP contribution in [0.25, 0.3) is 0 Å². The Morgan fingerprint density at radius 1 is 0.938 bits per heavy atom. The maximum Gasteiger partial charge on any atom is 0.0423 e. The molecule has 0 saturated carbocycles. The molecule has 0 unspecified atom stereocenters. The standard InChI is InChI=1S/C15H15N/c1-10-7-8-15-13(11(10)2)9-12-5-3-4-6-14(12)16-15/h3-8,16H,9H2,1-2H3. The molecule has 0 radical (unpaired) electrons. The minimum Gasteiger partial charge on any atom is -0.355 e. The predicted molar refractivity (Wildman–Crippen MR) is 68.4 cm³/mol. The molecule has 1 heteroatoms. The van der Waals surface area contributed by atoms with Crippen LogP contribution < -0.4 is 5.32 Å². The summed E-state index contributed by atoms with van der Waals surface area (Å²) in [5.41, 5.74) is 8.14. The van der Waals surface area contributed by atoms with E-state index in [2.05, 4.69) is 55.6 Å². The first-order valence-electron chi connectivity index (χ1n) is 5.70. The monoisotopic (exact) mass is 209 g/mol. The molecule has 0 atom stereocenters. The van der Waals surface area contributed by atoms with E-state index in [1.165, 1.54) is 33.6 Å². The quantitative estimate of drug-likeness (QED) is 0.591. The van der Waals surface area contributed by atoms with Gasteiger partial charge in [-0.25, -0.2) is 0 Å². The summed E-state index contributed by atoms with van der Waals surface area (Å²) < 4.78 is 0. The Bertz CT molecular complexity index is 555. The molecule has 1 aliphatic rings. The van der Waals surface area contributed by atoms with Crippen molar-refractivity contribution in [3.05, 3.63) is 58.7 Å². The van der Waals surface area contributed by atoms with Gasteiger partial charge in [0.05, 0.1) is 0 Å². The molecule has 0 spiro atoms. The Hall–Kier alpha value is -1.76. The number of aryl methyl sites for hydroxylation is 1. The minimum absolute atomic E-state index is 1.05. The zero-order valence-corrected chi connectivity index (χ0v) is 9.67. The molecular formula is C15H15N. The summed E-state index contributed by atoms with van der Waals surface area (Å²) in [4.78, 5) is 0. The van der Waals surface area contributed by atoms with Crippen molar-refractivity contribution >= 4 is 11.4 Å². The van der Waals surface area contributed by atoms with E-state index in [1.807, 2.05) is 0 Å². The predicted octanol–water partition coefficient (Wildman–Crippen LogP) is 3.95. The summed E-state index contributed by atoms with van der Waals surface area (Å²) in [5, 5.41) is 3.51. The second-order valence-electron chi connectivity index (χ2n) is 4.49. The highest BCUT2D eigenvalue weighted by atomic mass is 14.9. The highest BCUT2D eigenvalue weighted by Gasteiger charge is 2.16. The molecule has 1 aliphatic heterocycles. The summed E-state index contributed by atoms with van der Waals surface area (Å²) >= 11 is 0.